The van der Waals surface area contributed by atoms with Gasteiger partial charge in [0.25, 0.3) is 5.91 Å². The van der Waals surface area contributed by atoms with E-state index >= 15 is 0 Å². The van der Waals surface area contributed by atoms with Crippen LogP contribution in [-0.2, 0) is 4.79 Å². The summed E-state index contributed by atoms with van der Waals surface area (Å²) in [5, 5.41) is 16.8. The van der Waals surface area contributed by atoms with E-state index in [4.69, 9.17) is 9.47 Å². The highest BCUT2D eigenvalue weighted by molar-refractivity contribution is 5.91. The highest BCUT2D eigenvalue weighted by Gasteiger charge is 2.14. The number of para-hydroxylation sites is 2. The van der Waals surface area contributed by atoms with E-state index in [0.29, 0.717) is 0 Å². The van der Waals surface area contributed by atoms with Crippen LogP contribution in [0.1, 0.15) is 5.56 Å². The Kier molecular flexibility index (Phi) is 5.81. The van der Waals surface area contributed by atoms with Gasteiger partial charge in [0.15, 0.2) is 12.4 Å². The second-order valence-electron chi connectivity index (χ2n) is 5.78. The van der Waals surface area contributed by atoms with Crippen LogP contribution in [-0.4, -0.2) is 30.8 Å². The van der Waals surface area contributed by atoms with E-state index in [0.717, 1.165) is 22.1 Å². The molecule has 1 amide bonds. The lowest BCUT2D eigenvalue weighted by Crippen LogP contribution is -2.24. The van der Waals surface area contributed by atoms with Crippen molar-refractivity contribution >= 4 is 28.6 Å². The Morgan fingerprint density at radius 3 is 2.68 bits per heavy atom. The molecular weight excluding hydrogens is 362 g/mol. The summed E-state index contributed by atoms with van der Waals surface area (Å²) in [6, 6.07) is 17.3. The molecule has 0 heterocycles. The molecule has 8 nitrogen and oxygen atoms in total. The number of nitro benzene ring substituents is 1. The average Bonchev–Trinajstić information content (AvgIpc) is 2.72. The van der Waals surface area contributed by atoms with Gasteiger partial charge in [0, 0.05) is 6.07 Å². The van der Waals surface area contributed by atoms with E-state index in [1.807, 2.05) is 36.4 Å². The number of hydrogen-bond acceptors (Lipinski definition) is 6. The Balaban J connectivity index is 1.58. The third kappa shape index (κ3) is 4.61. The lowest BCUT2D eigenvalue weighted by molar-refractivity contribution is -0.385. The van der Waals surface area contributed by atoms with Gasteiger partial charge >= 0.3 is 5.69 Å². The predicted molar refractivity (Wildman–Crippen MR) is 105 cm³/mol. The van der Waals surface area contributed by atoms with Crippen LogP contribution in [0.4, 0.5) is 5.69 Å². The number of amides is 1. The summed E-state index contributed by atoms with van der Waals surface area (Å²) in [4.78, 5) is 22.2. The normalized spacial score (nSPS) is 10.8. The van der Waals surface area contributed by atoms with Crippen molar-refractivity contribution in [1.29, 1.82) is 0 Å². The summed E-state index contributed by atoms with van der Waals surface area (Å²) >= 11 is 0. The highest BCUT2D eigenvalue weighted by Crippen LogP contribution is 2.25. The first-order valence-corrected chi connectivity index (χ1v) is 8.33. The van der Waals surface area contributed by atoms with Crippen molar-refractivity contribution in [2.24, 2.45) is 5.10 Å². The van der Waals surface area contributed by atoms with Gasteiger partial charge in [-0.25, -0.2) is 5.43 Å². The van der Waals surface area contributed by atoms with Gasteiger partial charge in [0.05, 0.1) is 18.2 Å². The summed E-state index contributed by atoms with van der Waals surface area (Å²) in [7, 11) is 1.62. The monoisotopic (exact) mass is 379 g/mol. The molecular formula is C20H17N3O5. The van der Waals surface area contributed by atoms with Crippen molar-refractivity contribution in [1.82, 2.24) is 5.43 Å². The lowest BCUT2D eigenvalue weighted by atomic mass is 10.1. The van der Waals surface area contributed by atoms with E-state index in [9.17, 15) is 14.9 Å². The number of nitrogens with zero attached hydrogens (tertiary/aromatic N) is 2. The van der Waals surface area contributed by atoms with Crippen molar-refractivity contribution in [2.75, 3.05) is 13.7 Å². The number of carbonyl (C=O) groups is 1. The van der Waals surface area contributed by atoms with Gasteiger partial charge in [0.1, 0.15) is 5.75 Å². The number of methoxy groups -OCH3 is 1. The molecule has 142 valence electrons. The van der Waals surface area contributed by atoms with Crippen LogP contribution >= 0.6 is 0 Å². The van der Waals surface area contributed by atoms with Crippen molar-refractivity contribution < 1.29 is 19.2 Å². The average molecular weight is 379 g/mol. The zero-order valence-electron chi connectivity index (χ0n) is 15.0. The number of hydrazone groups is 1. The lowest BCUT2D eigenvalue weighted by Gasteiger charge is -2.05. The number of ether oxygens (including phenoxy) is 2. The van der Waals surface area contributed by atoms with E-state index in [1.165, 1.54) is 24.4 Å². The Morgan fingerprint density at radius 1 is 1.14 bits per heavy atom. The van der Waals surface area contributed by atoms with Crippen molar-refractivity contribution in [3.63, 3.8) is 0 Å². The van der Waals surface area contributed by atoms with Crippen LogP contribution in [0.3, 0.4) is 0 Å². The van der Waals surface area contributed by atoms with E-state index in [1.54, 1.807) is 13.2 Å². The zero-order chi connectivity index (χ0) is 19.9. The molecule has 0 aliphatic heterocycles. The fraction of sp³-hybridized carbons (Fsp3) is 0.100. The molecule has 0 fully saturated rings. The summed E-state index contributed by atoms with van der Waals surface area (Å²) in [5.41, 5.74) is 2.93. The van der Waals surface area contributed by atoms with Gasteiger partial charge < -0.3 is 9.47 Å². The van der Waals surface area contributed by atoms with Crippen LogP contribution in [0.25, 0.3) is 10.8 Å². The number of nitrogens with one attached hydrogen (secondary N) is 1. The highest BCUT2D eigenvalue weighted by atomic mass is 16.6. The molecule has 0 saturated carbocycles. The van der Waals surface area contributed by atoms with Crippen molar-refractivity contribution in [3.8, 4) is 11.5 Å². The van der Waals surface area contributed by atoms with E-state index < -0.39 is 10.8 Å². The molecule has 0 saturated heterocycles. The molecule has 0 aromatic heterocycles. The summed E-state index contributed by atoms with van der Waals surface area (Å²) < 4.78 is 10.4. The van der Waals surface area contributed by atoms with Crippen molar-refractivity contribution in [2.45, 2.75) is 0 Å². The number of rotatable bonds is 7. The van der Waals surface area contributed by atoms with E-state index in [-0.39, 0.29) is 18.0 Å². The second kappa shape index (κ2) is 8.63. The molecule has 28 heavy (non-hydrogen) atoms. The minimum Gasteiger partial charge on any atom is -0.497 e. The standard InChI is InChI=1S/C20H17N3O5/c1-27-17-9-8-15-10-14(6-7-16(15)11-17)12-21-22-20(24)13-28-19-5-3-2-4-18(19)23(25)26/h2-12H,13H2,1H3,(H,22,24)/b21-12-. The number of benzene rings is 3. The molecule has 3 rings (SSSR count). The first kappa shape index (κ1) is 18.8. The van der Waals surface area contributed by atoms with Gasteiger partial charge in [-0.05, 0) is 40.6 Å². The second-order valence-corrected chi connectivity index (χ2v) is 5.78. The van der Waals surface area contributed by atoms with Crippen LogP contribution in [0.15, 0.2) is 65.8 Å². The largest absolute Gasteiger partial charge is 0.497 e. The van der Waals surface area contributed by atoms with Crippen LogP contribution < -0.4 is 14.9 Å². The molecule has 1 N–H and O–H groups in total. The third-order valence-electron chi connectivity index (χ3n) is 3.90. The SMILES string of the molecule is COc1ccc2cc(/C=N\NC(=O)COc3ccccc3[N+](=O)[O-])ccc2c1. The Labute approximate surface area is 160 Å². The van der Waals surface area contributed by atoms with Crippen LogP contribution in [0, 0.1) is 10.1 Å². The van der Waals surface area contributed by atoms with Gasteiger partial charge in [-0.15, -0.1) is 0 Å². The first-order valence-electron chi connectivity index (χ1n) is 8.33. The molecule has 3 aromatic carbocycles. The summed E-state index contributed by atoms with van der Waals surface area (Å²) in [5.74, 6) is 0.274. The molecule has 3 aromatic rings. The molecule has 0 aliphatic carbocycles. The first-order chi connectivity index (χ1) is 13.6. The predicted octanol–water partition coefficient (Wildman–Crippen LogP) is 3.29. The Bertz CT molecular complexity index is 1050. The van der Waals surface area contributed by atoms with Gasteiger partial charge in [0.2, 0.25) is 0 Å². The number of nitro groups is 1. The van der Waals surface area contributed by atoms with Gasteiger partial charge in [-0.1, -0.05) is 30.3 Å². The number of carbonyl (C=O) groups excluding carboxylic acids is 1. The Hall–Kier alpha value is -3.94. The zero-order valence-corrected chi connectivity index (χ0v) is 15.0. The molecule has 0 unspecified atom stereocenters. The third-order valence-corrected chi connectivity index (χ3v) is 3.90. The fourth-order valence-corrected chi connectivity index (χ4v) is 2.53. The minimum atomic E-state index is -0.569. The van der Waals surface area contributed by atoms with Gasteiger partial charge in [-0.3, -0.25) is 14.9 Å². The van der Waals surface area contributed by atoms with Crippen LogP contribution in [0.5, 0.6) is 11.5 Å². The molecule has 0 spiro atoms. The molecule has 0 aliphatic rings. The quantitative estimate of drug-likeness (QED) is 0.385. The fourth-order valence-electron chi connectivity index (χ4n) is 2.53. The number of fused-ring (bicyclic) bond motifs is 1. The summed E-state index contributed by atoms with van der Waals surface area (Å²) in [6.45, 7) is -0.389. The minimum absolute atomic E-state index is 0.0246. The Morgan fingerprint density at radius 2 is 1.89 bits per heavy atom. The maximum atomic E-state index is 11.8. The number of hydrogen-bond donors (Lipinski definition) is 1. The molecule has 0 radical (unpaired) electrons. The smallest absolute Gasteiger partial charge is 0.310 e. The topological polar surface area (TPSA) is 103 Å². The molecule has 0 bridgehead atoms. The summed E-state index contributed by atoms with van der Waals surface area (Å²) in [6.07, 6.45) is 1.51. The molecule has 0 atom stereocenters. The van der Waals surface area contributed by atoms with Crippen LogP contribution in [0.2, 0.25) is 0 Å². The van der Waals surface area contributed by atoms with E-state index in [2.05, 4.69) is 10.5 Å². The van der Waals surface area contributed by atoms with Gasteiger partial charge in [-0.2, -0.15) is 5.10 Å². The maximum Gasteiger partial charge on any atom is 0.310 e. The van der Waals surface area contributed by atoms with Crippen molar-refractivity contribution in [3.05, 3.63) is 76.3 Å². The molecule has 8 heteroatoms. The maximum absolute atomic E-state index is 11.8.